The molecule has 1 heterocycles. The number of rotatable bonds is 3. The van der Waals surface area contributed by atoms with Gasteiger partial charge in [0.05, 0.1) is 12.3 Å². The fourth-order valence-corrected chi connectivity index (χ4v) is 6.19. The summed E-state index contributed by atoms with van der Waals surface area (Å²) in [7, 11) is 1.98. The summed E-state index contributed by atoms with van der Waals surface area (Å²) in [5.74, 6) is 1.32. The Kier molecular flexibility index (Phi) is 5.03. The van der Waals surface area contributed by atoms with Crippen LogP contribution in [0.2, 0.25) is 0 Å². The van der Waals surface area contributed by atoms with Gasteiger partial charge in [0.15, 0.2) is 6.17 Å². The average Bonchev–Trinajstić information content (AvgIpc) is 3.52. The van der Waals surface area contributed by atoms with Crippen LogP contribution in [0.1, 0.15) is 109 Å². The number of fused-ring (bicyclic) bond motifs is 1. The minimum atomic E-state index is 0.00889. The number of aromatic nitrogens is 1. The van der Waals surface area contributed by atoms with Crippen molar-refractivity contribution < 1.29 is 7.31 Å². The molecule has 0 aliphatic heterocycles. The Morgan fingerprint density at radius 2 is 1.56 bits per heavy atom. The van der Waals surface area contributed by atoms with Gasteiger partial charge in [-0.05, 0) is 89.6 Å². The average molecular weight is 429 g/mol. The predicted octanol–water partition coefficient (Wildman–Crippen LogP) is 8.25. The van der Waals surface area contributed by atoms with Gasteiger partial charge in [0.25, 0.3) is 0 Å². The van der Waals surface area contributed by atoms with Crippen LogP contribution in [0.25, 0.3) is 22.0 Å². The molecule has 0 unspecified atom stereocenters. The highest BCUT2D eigenvalue weighted by Crippen LogP contribution is 2.43. The Morgan fingerprint density at radius 3 is 2.22 bits per heavy atom. The van der Waals surface area contributed by atoms with E-state index in [-0.39, 0.29) is 5.41 Å². The molecule has 0 bridgehead atoms. The molecular weight excluding hydrogens is 386 g/mol. The fraction of sp³-hybridized carbons (Fsp3) is 0.516. The molecule has 2 aliphatic rings. The van der Waals surface area contributed by atoms with Crippen LogP contribution in [-0.2, 0) is 12.5 Å². The standard InChI is InChI=1S/C31H40N/c1-21-28(23-12-8-9-13-23)19-25(22-10-6-7-11-22)20-29(21)30-27-15-14-26(31(2,3)4)18-24(27)16-17-32(30)5/h14-20,22-23H,6-13H2,1-5H3/q+1/i16D,17D. The third kappa shape index (κ3) is 3.89. The summed E-state index contributed by atoms with van der Waals surface area (Å²) in [6.45, 7) is 8.94. The summed E-state index contributed by atoms with van der Waals surface area (Å²) >= 11 is 0. The Hall–Kier alpha value is -2.15. The van der Waals surface area contributed by atoms with Gasteiger partial charge in [0, 0.05) is 6.04 Å². The summed E-state index contributed by atoms with van der Waals surface area (Å²) in [5.41, 5.74) is 8.02. The van der Waals surface area contributed by atoms with E-state index in [0.29, 0.717) is 24.1 Å². The molecule has 0 N–H and O–H groups in total. The smallest absolute Gasteiger partial charge is 0.200 e. The summed E-state index contributed by atoms with van der Waals surface area (Å²) in [6, 6.07) is 11.9. The van der Waals surface area contributed by atoms with Gasteiger partial charge in [0.2, 0.25) is 5.69 Å². The Morgan fingerprint density at radius 1 is 0.906 bits per heavy atom. The van der Waals surface area contributed by atoms with Gasteiger partial charge >= 0.3 is 0 Å². The minimum Gasteiger partial charge on any atom is -0.200 e. The molecule has 0 amide bonds. The SMILES string of the molecule is [2H]c1c([2H])[n+](C)c(-c2cc(C3CCCC3)cc(C3CCCC3)c2C)c2ccc(C(C)(C)C)cc12. The highest BCUT2D eigenvalue weighted by Gasteiger charge is 2.27. The molecule has 3 aromatic rings. The first-order valence-corrected chi connectivity index (χ1v) is 12.7. The summed E-state index contributed by atoms with van der Waals surface area (Å²) in [6.07, 6.45) is 10.8. The van der Waals surface area contributed by atoms with Crippen LogP contribution in [0, 0.1) is 6.92 Å². The van der Waals surface area contributed by atoms with Crippen molar-refractivity contribution in [1.29, 1.82) is 0 Å². The second kappa shape index (κ2) is 8.32. The maximum Gasteiger partial charge on any atom is 0.220 e. The monoisotopic (exact) mass is 428 g/mol. The lowest BCUT2D eigenvalue weighted by Crippen LogP contribution is -2.31. The molecule has 2 fully saturated rings. The zero-order valence-electron chi connectivity index (χ0n) is 22.6. The van der Waals surface area contributed by atoms with Crippen molar-refractivity contribution in [3.8, 4) is 11.3 Å². The van der Waals surface area contributed by atoms with E-state index in [9.17, 15) is 0 Å². The molecule has 1 nitrogen and oxygen atoms in total. The molecule has 2 saturated carbocycles. The van der Waals surface area contributed by atoms with Crippen molar-refractivity contribution in [2.24, 2.45) is 7.05 Å². The Bertz CT molecular complexity index is 1240. The van der Waals surface area contributed by atoms with Crippen LogP contribution >= 0.6 is 0 Å². The molecule has 168 valence electrons. The molecule has 5 rings (SSSR count). The lowest BCUT2D eigenvalue weighted by molar-refractivity contribution is -0.659. The summed E-state index contributed by atoms with van der Waals surface area (Å²) in [4.78, 5) is 0. The predicted molar refractivity (Wildman–Crippen MR) is 136 cm³/mol. The zero-order chi connectivity index (χ0) is 24.2. The number of hydrogen-bond acceptors (Lipinski definition) is 0. The lowest BCUT2D eigenvalue weighted by atomic mass is 9.83. The van der Waals surface area contributed by atoms with E-state index < -0.39 is 0 Å². The molecule has 0 atom stereocenters. The van der Waals surface area contributed by atoms with Gasteiger partial charge in [-0.3, -0.25) is 0 Å². The van der Waals surface area contributed by atoms with Crippen LogP contribution in [0.4, 0.5) is 0 Å². The van der Waals surface area contributed by atoms with Crippen molar-refractivity contribution in [2.45, 2.75) is 96.3 Å². The molecule has 0 radical (unpaired) electrons. The largest absolute Gasteiger partial charge is 0.220 e. The first kappa shape index (κ1) is 19.3. The molecule has 0 spiro atoms. The number of pyridine rings is 1. The van der Waals surface area contributed by atoms with Crippen molar-refractivity contribution in [3.05, 3.63) is 64.8 Å². The van der Waals surface area contributed by atoms with E-state index in [1.54, 1.807) is 0 Å². The normalized spacial score (nSPS) is 19.0. The van der Waals surface area contributed by atoms with E-state index in [1.807, 2.05) is 11.6 Å². The maximum atomic E-state index is 8.83. The molecule has 1 heteroatoms. The van der Waals surface area contributed by atoms with Gasteiger partial charge < -0.3 is 0 Å². The third-order valence-corrected chi connectivity index (χ3v) is 8.18. The van der Waals surface area contributed by atoms with Crippen LogP contribution in [0.15, 0.2) is 42.5 Å². The lowest BCUT2D eigenvalue weighted by Gasteiger charge is -2.22. The molecular formula is C31H40N+. The van der Waals surface area contributed by atoms with Crippen LogP contribution in [0.3, 0.4) is 0 Å². The van der Waals surface area contributed by atoms with E-state index in [2.05, 4.69) is 58.0 Å². The van der Waals surface area contributed by atoms with Gasteiger partial charge in [-0.2, -0.15) is 0 Å². The van der Waals surface area contributed by atoms with Crippen molar-refractivity contribution in [2.75, 3.05) is 0 Å². The molecule has 1 aromatic heterocycles. The van der Waals surface area contributed by atoms with Gasteiger partial charge in [-0.1, -0.05) is 64.7 Å². The first-order valence-electron chi connectivity index (χ1n) is 13.7. The molecule has 2 aliphatic carbocycles. The Labute approximate surface area is 197 Å². The zero-order valence-corrected chi connectivity index (χ0v) is 20.6. The highest BCUT2D eigenvalue weighted by atomic mass is 14.9. The maximum absolute atomic E-state index is 8.83. The topological polar surface area (TPSA) is 3.88 Å². The number of hydrogen-bond donors (Lipinski definition) is 0. The van der Waals surface area contributed by atoms with E-state index in [1.165, 1.54) is 79.2 Å². The van der Waals surface area contributed by atoms with E-state index >= 15 is 0 Å². The molecule has 0 saturated heterocycles. The van der Waals surface area contributed by atoms with Crippen LogP contribution in [0.5, 0.6) is 0 Å². The van der Waals surface area contributed by atoms with Crippen molar-refractivity contribution in [1.82, 2.24) is 0 Å². The fourth-order valence-electron chi connectivity index (χ4n) is 6.19. The molecule has 2 aromatic carbocycles. The van der Waals surface area contributed by atoms with Gasteiger partial charge in [-0.25, -0.2) is 4.57 Å². The third-order valence-electron chi connectivity index (χ3n) is 8.18. The highest BCUT2D eigenvalue weighted by molar-refractivity contribution is 5.94. The minimum absolute atomic E-state index is 0.00889. The summed E-state index contributed by atoms with van der Waals surface area (Å²) < 4.78 is 19.6. The number of nitrogens with zero attached hydrogens (tertiary/aromatic N) is 1. The van der Waals surface area contributed by atoms with E-state index in [0.717, 1.165) is 16.5 Å². The quantitative estimate of drug-likeness (QED) is 0.370. The first-order chi connectivity index (χ1) is 16.2. The summed E-state index contributed by atoms with van der Waals surface area (Å²) in [5, 5.41) is 2.00. The van der Waals surface area contributed by atoms with Gasteiger partial charge in [0.1, 0.15) is 8.42 Å². The second-order valence-electron chi connectivity index (χ2n) is 11.4. The van der Waals surface area contributed by atoms with Crippen LogP contribution in [-0.4, -0.2) is 0 Å². The van der Waals surface area contributed by atoms with E-state index in [4.69, 9.17) is 2.74 Å². The second-order valence-corrected chi connectivity index (χ2v) is 11.4. The van der Waals surface area contributed by atoms with Crippen LogP contribution < -0.4 is 4.57 Å². The Balaban J connectivity index is 1.80. The molecule has 32 heavy (non-hydrogen) atoms. The number of benzene rings is 2. The van der Waals surface area contributed by atoms with Crippen molar-refractivity contribution >= 4 is 10.8 Å². The van der Waals surface area contributed by atoms with Crippen molar-refractivity contribution in [3.63, 3.8) is 0 Å². The van der Waals surface area contributed by atoms with Gasteiger partial charge in [-0.15, -0.1) is 0 Å².